The predicted molar refractivity (Wildman–Crippen MR) is 92.7 cm³/mol. The van der Waals surface area contributed by atoms with Gasteiger partial charge in [-0.15, -0.1) is 0 Å². The van der Waals surface area contributed by atoms with Gasteiger partial charge in [-0.1, -0.05) is 31.0 Å². The van der Waals surface area contributed by atoms with Crippen molar-refractivity contribution in [2.45, 2.75) is 19.8 Å². The summed E-state index contributed by atoms with van der Waals surface area (Å²) in [6.45, 7) is 2.42. The third-order valence-electron chi connectivity index (χ3n) is 3.10. The molecule has 0 radical (unpaired) electrons. The molecule has 2 aromatic rings. The molecule has 0 unspecified atom stereocenters. The summed E-state index contributed by atoms with van der Waals surface area (Å²) in [6.07, 6.45) is 1.15. The van der Waals surface area contributed by atoms with Gasteiger partial charge in [0.15, 0.2) is 0 Å². The smallest absolute Gasteiger partial charge is 0.417 e. The Labute approximate surface area is 145 Å². The first-order valence-corrected chi connectivity index (χ1v) is 7.98. The lowest BCUT2D eigenvalue weighted by Crippen LogP contribution is -2.16. The van der Waals surface area contributed by atoms with Crippen molar-refractivity contribution in [3.8, 4) is 5.75 Å². The molecule has 0 saturated heterocycles. The van der Waals surface area contributed by atoms with Gasteiger partial charge in [0, 0.05) is 10.7 Å². The van der Waals surface area contributed by atoms with Crippen LogP contribution in [-0.4, -0.2) is 18.7 Å². The van der Waals surface area contributed by atoms with Crippen LogP contribution in [0.4, 0.5) is 10.5 Å². The lowest BCUT2D eigenvalue weighted by Gasteiger charge is -2.08. The van der Waals surface area contributed by atoms with Crippen LogP contribution in [0, 0.1) is 0 Å². The molecule has 0 aliphatic heterocycles. The van der Waals surface area contributed by atoms with Crippen molar-refractivity contribution in [2.75, 3.05) is 11.9 Å². The lowest BCUT2D eigenvalue weighted by atomic mass is 10.2. The average molecular weight is 348 g/mol. The number of rotatable bonds is 6. The van der Waals surface area contributed by atoms with Crippen LogP contribution in [0.2, 0.25) is 5.02 Å². The summed E-state index contributed by atoms with van der Waals surface area (Å²) in [6, 6.07) is 12.9. The number of benzene rings is 2. The molecule has 0 heterocycles. The number of esters is 1. The summed E-state index contributed by atoms with van der Waals surface area (Å²) in [5, 5.41) is 3.08. The van der Waals surface area contributed by atoms with E-state index in [2.05, 4.69) is 5.32 Å². The first kappa shape index (κ1) is 17.8. The van der Waals surface area contributed by atoms with Crippen molar-refractivity contribution in [3.63, 3.8) is 0 Å². The Balaban J connectivity index is 1.89. The molecule has 2 aromatic carbocycles. The number of ether oxygens (including phenoxy) is 2. The summed E-state index contributed by atoms with van der Waals surface area (Å²) in [5.74, 6) is -0.0713. The second-order valence-electron chi connectivity index (χ2n) is 5.04. The molecule has 5 nitrogen and oxygen atoms in total. The number of nitrogens with one attached hydrogen (secondary N) is 1. The second kappa shape index (κ2) is 8.93. The highest BCUT2D eigenvalue weighted by molar-refractivity contribution is 6.30. The van der Waals surface area contributed by atoms with E-state index in [0.717, 1.165) is 12.8 Å². The van der Waals surface area contributed by atoms with Gasteiger partial charge in [-0.2, -0.15) is 0 Å². The van der Waals surface area contributed by atoms with Gasteiger partial charge in [0.05, 0.1) is 12.2 Å². The lowest BCUT2D eigenvalue weighted by molar-refractivity contribution is 0.0499. The molecule has 0 bridgehead atoms. The number of carbonyl (C=O) groups is 2. The van der Waals surface area contributed by atoms with Crippen LogP contribution in [0.25, 0.3) is 0 Å². The number of amides is 1. The van der Waals surface area contributed by atoms with E-state index >= 15 is 0 Å². The maximum absolute atomic E-state index is 11.8. The number of unbranched alkanes of at least 4 members (excludes halogenated alkanes) is 1. The predicted octanol–water partition coefficient (Wildman–Crippen LogP) is 4.91. The molecular weight excluding hydrogens is 330 g/mol. The van der Waals surface area contributed by atoms with Crippen molar-refractivity contribution < 1.29 is 19.1 Å². The van der Waals surface area contributed by atoms with Crippen molar-refractivity contribution in [3.05, 3.63) is 59.1 Å². The minimum Gasteiger partial charge on any atom is -0.462 e. The third kappa shape index (κ3) is 5.59. The summed E-state index contributed by atoms with van der Waals surface area (Å²) >= 11 is 5.85. The normalized spacial score (nSPS) is 10.1. The minimum absolute atomic E-state index is 0.319. The van der Waals surface area contributed by atoms with E-state index in [1.807, 2.05) is 6.92 Å². The molecule has 2 rings (SSSR count). The quantitative estimate of drug-likeness (QED) is 0.595. The molecular formula is C18H18ClNO4. The SMILES string of the molecule is CCCCOC(=O)c1ccc(OC(=O)Nc2cccc(Cl)c2)cc1. The highest BCUT2D eigenvalue weighted by Gasteiger charge is 2.09. The Morgan fingerprint density at radius 1 is 1.12 bits per heavy atom. The maximum atomic E-state index is 11.8. The molecule has 24 heavy (non-hydrogen) atoms. The molecule has 6 heteroatoms. The Hall–Kier alpha value is -2.53. The highest BCUT2D eigenvalue weighted by Crippen LogP contribution is 2.17. The van der Waals surface area contributed by atoms with Crippen molar-refractivity contribution in [2.24, 2.45) is 0 Å². The van der Waals surface area contributed by atoms with Gasteiger partial charge in [0.25, 0.3) is 0 Å². The summed E-state index contributed by atoms with van der Waals surface area (Å²) in [4.78, 5) is 23.6. The van der Waals surface area contributed by atoms with Gasteiger partial charge in [-0.3, -0.25) is 5.32 Å². The third-order valence-corrected chi connectivity index (χ3v) is 3.34. The first-order valence-electron chi connectivity index (χ1n) is 7.60. The monoisotopic (exact) mass is 347 g/mol. The Morgan fingerprint density at radius 2 is 1.88 bits per heavy atom. The average Bonchev–Trinajstić information content (AvgIpc) is 2.55. The van der Waals surface area contributed by atoms with E-state index in [0.29, 0.717) is 28.6 Å². The van der Waals surface area contributed by atoms with Crippen LogP contribution in [0.3, 0.4) is 0 Å². The number of hydrogen-bond donors (Lipinski definition) is 1. The van der Waals surface area contributed by atoms with E-state index in [9.17, 15) is 9.59 Å². The minimum atomic E-state index is -0.643. The van der Waals surface area contributed by atoms with Gasteiger partial charge in [-0.05, 0) is 48.9 Å². The van der Waals surface area contributed by atoms with Crippen molar-refractivity contribution in [1.82, 2.24) is 0 Å². The zero-order valence-corrected chi connectivity index (χ0v) is 14.0. The topological polar surface area (TPSA) is 64.6 Å². The van der Waals surface area contributed by atoms with Gasteiger partial charge in [-0.25, -0.2) is 9.59 Å². The van der Waals surface area contributed by atoms with Gasteiger partial charge < -0.3 is 9.47 Å². The van der Waals surface area contributed by atoms with E-state index < -0.39 is 12.1 Å². The molecule has 0 aliphatic carbocycles. The van der Waals surface area contributed by atoms with Crippen molar-refractivity contribution in [1.29, 1.82) is 0 Å². The Bertz CT molecular complexity index is 700. The number of carbonyl (C=O) groups excluding carboxylic acids is 2. The molecule has 0 aromatic heterocycles. The largest absolute Gasteiger partial charge is 0.462 e. The standard InChI is InChI=1S/C18H18ClNO4/c1-2-3-11-23-17(21)13-7-9-16(10-8-13)24-18(22)20-15-6-4-5-14(19)12-15/h4-10,12H,2-3,11H2,1H3,(H,20,22). The van der Waals surface area contributed by atoms with Gasteiger partial charge in [0.1, 0.15) is 5.75 Å². The Morgan fingerprint density at radius 3 is 2.54 bits per heavy atom. The molecule has 0 saturated carbocycles. The second-order valence-corrected chi connectivity index (χ2v) is 5.48. The van der Waals surface area contributed by atoms with Gasteiger partial charge >= 0.3 is 12.1 Å². The van der Waals surface area contributed by atoms with E-state index in [4.69, 9.17) is 21.1 Å². The fourth-order valence-electron chi connectivity index (χ4n) is 1.87. The molecule has 1 amide bonds. The molecule has 1 N–H and O–H groups in total. The van der Waals surface area contributed by atoms with Crippen LogP contribution in [0.15, 0.2) is 48.5 Å². The summed E-state index contributed by atoms with van der Waals surface area (Å²) in [5.41, 5.74) is 0.942. The maximum Gasteiger partial charge on any atom is 0.417 e. The number of hydrogen-bond acceptors (Lipinski definition) is 4. The van der Waals surface area contributed by atoms with Gasteiger partial charge in [0.2, 0.25) is 0 Å². The summed E-state index contributed by atoms with van der Waals surface area (Å²) < 4.78 is 10.3. The number of anilines is 1. The van der Waals surface area contributed by atoms with Crippen LogP contribution >= 0.6 is 11.6 Å². The van der Waals surface area contributed by atoms with Crippen molar-refractivity contribution >= 4 is 29.4 Å². The fourth-order valence-corrected chi connectivity index (χ4v) is 2.06. The zero-order valence-electron chi connectivity index (χ0n) is 13.3. The van der Waals surface area contributed by atoms with Crippen LogP contribution in [0.1, 0.15) is 30.1 Å². The molecule has 0 aliphatic rings. The Kier molecular flexibility index (Phi) is 6.63. The highest BCUT2D eigenvalue weighted by atomic mass is 35.5. The van der Waals surface area contributed by atoms with E-state index in [-0.39, 0.29) is 0 Å². The number of halogens is 1. The van der Waals surface area contributed by atoms with Crippen LogP contribution < -0.4 is 10.1 Å². The van der Waals surface area contributed by atoms with Crippen LogP contribution in [0.5, 0.6) is 5.75 Å². The van der Waals surface area contributed by atoms with E-state index in [1.165, 1.54) is 12.1 Å². The molecule has 0 spiro atoms. The molecule has 126 valence electrons. The zero-order chi connectivity index (χ0) is 17.4. The molecule has 0 fully saturated rings. The molecule has 0 atom stereocenters. The van der Waals surface area contributed by atoms with E-state index in [1.54, 1.807) is 36.4 Å². The first-order chi connectivity index (χ1) is 11.6. The van der Waals surface area contributed by atoms with Crippen LogP contribution in [-0.2, 0) is 4.74 Å². The fraction of sp³-hybridized carbons (Fsp3) is 0.222. The summed E-state index contributed by atoms with van der Waals surface area (Å²) in [7, 11) is 0.